The van der Waals surface area contributed by atoms with Crippen LogP contribution in [0.1, 0.15) is 44.6 Å². The number of ether oxygens (including phenoxy) is 1. The molecule has 17 heavy (non-hydrogen) atoms. The molecule has 2 heteroatoms. The lowest BCUT2D eigenvalue weighted by atomic mass is 10.1. The van der Waals surface area contributed by atoms with Gasteiger partial charge in [-0.1, -0.05) is 49.9 Å². The van der Waals surface area contributed by atoms with Gasteiger partial charge in [0.15, 0.2) is 0 Å². The van der Waals surface area contributed by atoms with E-state index in [9.17, 15) is 0 Å². The van der Waals surface area contributed by atoms with Crippen molar-refractivity contribution in [3.8, 4) is 0 Å². The van der Waals surface area contributed by atoms with Crippen LogP contribution in [-0.2, 0) is 11.2 Å². The molecule has 0 heterocycles. The number of hydrogen-bond acceptors (Lipinski definition) is 1. The molecule has 0 unspecified atom stereocenters. The molecule has 0 amide bonds. The Hall–Kier alpha value is -0.530. The summed E-state index contributed by atoms with van der Waals surface area (Å²) in [5, 5.41) is 0.806. The first-order valence-electron chi connectivity index (χ1n) is 6.65. The average Bonchev–Trinajstić information content (AvgIpc) is 2.35. The summed E-state index contributed by atoms with van der Waals surface area (Å²) in [4.78, 5) is 0. The largest absolute Gasteiger partial charge is 0.381 e. The highest BCUT2D eigenvalue weighted by atomic mass is 35.5. The van der Waals surface area contributed by atoms with E-state index >= 15 is 0 Å². The Morgan fingerprint density at radius 3 is 2.35 bits per heavy atom. The van der Waals surface area contributed by atoms with E-state index in [0.29, 0.717) is 0 Å². The van der Waals surface area contributed by atoms with Crippen LogP contribution in [0.15, 0.2) is 24.3 Å². The van der Waals surface area contributed by atoms with Crippen LogP contribution < -0.4 is 0 Å². The lowest BCUT2D eigenvalue weighted by molar-refractivity contribution is 0.128. The van der Waals surface area contributed by atoms with Crippen molar-refractivity contribution in [1.82, 2.24) is 0 Å². The third kappa shape index (κ3) is 7.40. The minimum atomic E-state index is 0.806. The molecule has 0 aliphatic heterocycles. The maximum Gasteiger partial charge on any atom is 0.0469 e. The number of hydrogen-bond donors (Lipinski definition) is 0. The zero-order valence-electron chi connectivity index (χ0n) is 10.8. The van der Waals surface area contributed by atoms with Crippen LogP contribution in [0.5, 0.6) is 0 Å². The Kier molecular flexibility index (Phi) is 8.12. The molecule has 0 saturated carbocycles. The molecule has 0 spiro atoms. The maximum absolute atomic E-state index is 5.83. The Morgan fingerprint density at radius 2 is 1.65 bits per heavy atom. The first-order valence-corrected chi connectivity index (χ1v) is 7.03. The molecule has 0 bridgehead atoms. The van der Waals surface area contributed by atoms with Gasteiger partial charge in [-0.15, -0.1) is 0 Å². The van der Waals surface area contributed by atoms with Crippen molar-refractivity contribution in [2.45, 2.75) is 45.4 Å². The van der Waals surface area contributed by atoms with Crippen molar-refractivity contribution in [2.75, 3.05) is 13.2 Å². The molecule has 0 aliphatic carbocycles. The van der Waals surface area contributed by atoms with Gasteiger partial charge in [0.2, 0.25) is 0 Å². The SMILES string of the molecule is CCCCCCOCCCc1ccc(Cl)cc1. The van der Waals surface area contributed by atoms with E-state index < -0.39 is 0 Å². The highest BCUT2D eigenvalue weighted by Crippen LogP contribution is 2.11. The van der Waals surface area contributed by atoms with Crippen molar-refractivity contribution in [3.05, 3.63) is 34.9 Å². The van der Waals surface area contributed by atoms with Crippen LogP contribution in [0.2, 0.25) is 5.02 Å². The van der Waals surface area contributed by atoms with Crippen LogP contribution >= 0.6 is 11.6 Å². The maximum atomic E-state index is 5.83. The second-order valence-electron chi connectivity index (χ2n) is 4.40. The number of unbranched alkanes of at least 4 members (excludes halogenated alkanes) is 3. The van der Waals surface area contributed by atoms with E-state index in [2.05, 4.69) is 19.1 Å². The molecule has 0 fully saturated rings. The monoisotopic (exact) mass is 254 g/mol. The first-order chi connectivity index (χ1) is 8.33. The lowest BCUT2D eigenvalue weighted by Crippen LogP contribution is -1.98. The zero-order valence-corrected chi connectivity index (χ0v) is 11.5. The number of halogens is 1. The molecule has 0 saturated heterocycles. The Labute approximate surface area is 110 Å². The van der Waals surface area contributed by atoms with Gasteiger partial charge in [0.1, 0.15) is 0 Å². The molecule has 0 aromatic heterocycles. The van der Waals surface area contributed by atoms with Gasteiger partial charge in [-0.3, -0.25) is 0 Å². The fourth-order valence-electron chi connectivity index (χ4n) is 1.76. The van der Waals surface area contributed by atoms with Gasteiger partial charge >= 0.3 is 0 Å². The summed E-state index contributed by atoms with van der Waals surface area (Å²) in [5.74, 6) is 0. The topological polar surface area (TPSA) is 9.23 Å². The van der Waals surface area contributed by atoms with Crippen molar-refractivity contribution < 1.29 is 4.74 Å². The van der Waals surface area contributed by atoms with E-state index in [-0.39, 0.29) is 0 Å². The summed E-state index contributed by atoms with van der Waals surface area (Å²) in [6.45, 7) is 4.02. The number of aryl methyl sites for hydroxylation is 1. The standard InChI is InChI=1S/C15H23ClO/c1-2-3-4-5-12-17-13-6-7-14-8-10-15(16)11-9-14/h8-11H,2-7,12-13H2,1H3. The van der Waals surface area contributed by atoms with Gasteiger partial charge in [0.25, 0.3) is 0 Å². The van der Waals surface area contributed by atoms with Crippen LogP contribution in [0.25, 0.3) is 0 Å². The average molecular weight is 255 g/mol. The van der Waals surface area contributed by atoms with Crippen molar-refractivity contribution in [3.63, 3.8) is 0 Å². The predicted molar refractivity (Wildman–Crippen MR) is 74.7 cm³/mol. The van der Waals surface area contributed by atoms with Crippen LogP contribution in [0.3, 0.4) is 0 Å². The smallest absolute Gasteiger partial charge is 0.0469 e. The van der Waals surface area contributed by atoms with E-state index in [1.165, 1.54) is 31.2 Å². The highest BCUT2D eigenvalue weighted by Gasteiger charge is 1.94. The minimum absolute atomic E-state index is 0.806. The Balaban J connectivity index is 1.95. The molecule has 0 N–H and O–H groups in total. The molecular formula is C15H23ClO. The zero-order chi connectivity index (χ0) is 12.3. The summed E-state index contributed by atoms with van der Waals surface area (Å²) in [6, 6.07) is 8.07. The number of benzene rings is 1. The van der Waals surface area contributed by atoms with Gasteiger partial charge < -0.3 is 4.74 Å². The fraction of sp³-hybridized carbons (Fsp3) is 0.600. The van der Waals surface area contributed by atoms with Crippen molar-refractivity contribution in [2.24, 2.45) is 0 Å². The van der Waals surface area contributed by atoms with Gasteiger partial charge in [0.05, 0.1) is 0 Å². The minimum Gasteiger partial charge on any atom is -0.381 e. The second-order valence-corrected chi connectivity index (χ2v) is 4.84. The quantitative estimate of drug-likeness (QED) is 0.572. The van der Waals surface area contributed by atoms with Crippen molar-refractivity contribution in [1.29, 1.82) is 0 Å². The summed E-state index contributed by atoms with van der Waals surface area (Å²) < 4.78 is 5.60. The molecule has 1 aromatic rings. The van der Waals surface area contributed by atoms with Crippen molar-refractivity contribution >= 4 is 11.6 Å². The molecule has 96 valence electrons. The molecule has 0 atom stereocenters. The van der Waals surface area contributed by atoms with Gasteiger partial charge in [0, 0.05) is 18.2 Å². The number of rotatable bonds is 9. The molecular weight excluding hydrogens is 232 g/mol. The second kappa shape index (κ2) is 9.49. The normalized spacial score (nSPS) is 10.7. The van der Waals surface area contributed by atoms with E-state index in [0.717, 1.165) is 31.1 Å². The van der Waals surface area contributed by atoms with Gasteiger partial charge in [-0.05, 0) is 37.0 Å². The third-order valence-corrected chi connectivity index (χ3v) is 3.06. The summed E-state index contributed by atoms with van der Waals surface area (Å²) in [7, 11) is 0. The summed E-state index contributed by atoms with van der Waals surface area (Å²) >= 11 is 5.83. The Bertz CT molecular complexity index is 281. The molecule has 1 rings (SSSR count). The highest BCUT2D eigenvalue weighted by molar-refractivity contribution is 6.30. The predicted octanol–water partition coefficient (Wildman–Crippen LogP) is 4.87. The van der Waals surface area contributed by atoms with E-state index in [1.54, 1.807) is 0 Å². The molecule has 1 aromatic carbocycles. The molecule has 0 aliphatic rings. The fourth-order valence-corrected chi connectivity index (χ4v) is 1.89. The molecule has 0 radical (unpaired) electrons. The first kappa shape index (κ1) is 14.5. The lowest BCUT2D eigenvalue weighted by Gasteiger charge is -2.04. The Morgan fingerprint density at radius 1 is 0.941 bits per heavy atom. The van der Waals surface area contributed by atoms with Crippen LogP contribution in [0, 0.1) is 0 Å². The summed E-state index contributed by atoms with van der Waals surface area (Å²) in [5.41, 5.74) is 1.34. The van der Waals surface area contributed by atoms with E-state index in [4.69, 9.17) is 16.3 Å². The summed E-state index contributed by atoms with van der Waals surface area (Å²) in [6.07, 6.45) is 7.29. The van der Waals surface area contributed by atoms with Crippen LogP contribution in [0.4, 0.5) is 0 Å². The van der Waals surface area contributed by atoms with Crippen LogP contribution in [-0.4, -0.2) is 13.2 Å². The van der Waals surface area contributed by atoms with E-state index in [1.807, 2.05) is 12.1 Å². The molecule has 1 nitrogen and oxygen atoms in total. The van der Waals surface area contributed by atoms with Gasteiger partial charge in [-0.2, -0.15) is 0 Å². The van der Waals surface area contributed by atoms with Gasteiger partial charge in [-0.25, -0.2) is 0 Å². The third-order valence-electron chi connectivity index (χ3n) is 2.81.